The number of nitrogens with zero attached hydrogens (tertiary/aromatic N) is 3. The van der Waals surface area contributed by atoms with E-state index in [9.17, 15) is 9.59 Å². The summed E-state index contributed by atoms with van der Waals surface area (Å²) in [7, 11) is 0. The van der Waals surface area contributed by atoms with Gasteiger partial charge in [0.05, 0.1) is 12.1 Å². The normalized spacial score (nSPS) is 11.4. The highest BCUT2D eigenvalue weighted by atomic mass is 32.1. The second-order valence-electron chi connectivity index (χ2n) is 8.60. The molecule has 32 heavy (non-hydrogen) atoms. The Kier molecular flexibility index (Phi) is 7.74. The van der Waals surface area contributed by atoms with Crippen molar-refractivity contribution in [2.24, 2.45) is 0 Å². The fourth-order valence-corrected chi connectivity index (χ4v) is 3.52. The van der Waals surface area contributed by atoms with E-state index in [1.807, 2.05) is 52.0 Å². The molecule has 0 saturated carbocycles. The van der Waals surface area contributed by atoms with Crippen LogP contribution in [0, 0.1) is 6.92 Å². The summed E-state index contributed by atoms with van der Waals surface area (Å²) in [5.74, 6) is 0.729. The van der Waals surface area contributed by atoms with Crippen LogP contribution in [0.4, 0.5) is 5.69 Å². The molecule has 3 aromatic rings. The van der Waals surface area contributed by atoms with Crippen LogP contribution in [-0.2, 0) is 39.2 Å². The number of aryl methyl sites for hydroxylation is 2. The number of hydrogen-bond donors (Lipinski definition) is 1. The van der Waals surface area contributed by atoms with Crippen LogP contribution >= 0.6 is 11.3 Å². The van der Waals surface area contributed by atoms with Crippen molar-refractivity contribution < 1.29 is 18.8 Å². The van der Waals surface area contributed by atoms with Crippen molar-refractivity contribution in [2.75, 3.05) is 5.32 Å². The van der Waals surface area contributed by atoms with E-state index in [0.29, 0.717) is 35.3 Å². The average molecular weight is 457 g/mol. The molecule has 1 N–H and O–H groups in total. The number of benzene rings is 1. The molecule has 0 bridgehead atoms. The van der Waals surface area contributed by atoms with Crippen molar-refractivity contribution in [3.8, 4) is 0 Å². The Morgan fingerprint density at radius 3 is 2.59 bits per heavy atom. The Labute approximate surface area is 191 Å². The van der Waals surface area contributed by atoms with Gasteiger partial charge in [0.15, 0.2) is 5.82 Å². The quantitative estimate of drug-likeness (QED) is 0.476. The minimum absolute atomic E-state index is 0.0869. The lowest BCUT2D eigenvalue weighted by Crippen LogP contribution is -2.14. The minimum Gasteiger partial charge on any atom is -0.459 e. The number of aromatic nitrogens is 3. The zero-order valence-corrected chi connectivity index (χ0v) is 19.6. The number of esters is 1. The molecule has 0 saturated heterocycles. The molecule has 0 radical (unpaired) electrons. The Hall–Kier alpha value is -3.07. The van der Waals surface area contributed by atoms with Gasteiger partial charge in [0.1, 0.15) is 11.6 Å². The van der Waals surface area contributed by atoms with Crippen LogP contribution in [0.5, 0.6) is 0 Å². The number of anilines is 1. The van der Waals surface area contributed by atoms with Crippen molar-refractivity contribution in [2.45, 2.75) is 65.4 Å². The Morgan fingerprint density at radius 1 is 1.16 bits per heavy atom. The fourth-order valence-electron chi connectivity index (χ4n) is 2.75. The third kappa shape index (κ3) is 7.26. The lowest BCUT2D eigenvalue weighted by atomic mass is 9.96. The number of amides is 1. The highest BCUT2D eigenvalue weighted by molar-refractivity contribution is 7.09. The number of nitrogens with one attached hydrogen (secondary N) is 1. The van der Waals surface area contributed by atoms with Crippen LogP contribution in [0.15, 0.2) is 34.2 Å². The first kappa shape index (κ1) is 23.6. The molecular weight excluding hydrogens is 428 g/mol. The second kappa shape index (κ2) is 10.5. The standard InChI is InChI=1S/C23H28N4O4S/c1-15-8-10-16(11-9-15)24-18(28)12-20-25-17(14-32-20)13-30-21(29)7-5-6-19-26-22(27-31-19)23(2,3)4/h8-11,14H,5-7,12-13H2,1-4H3,(H,24,28). The number of carbonyl (C=O) groups is 2. The van der Waals surface area contributed by atoms with Gasteiger partial charge in [-0.3, -0.25) is 9.59 Å². The van der Waals surface area contributed by atoms with Gasteiger partial charge in [-0.2, -0.15) is 4.98 Å². The van der Waals surface area contributed by atoms with Gasteiger partial charge in [0, 0.05) is 29.3 Å². The largest absolute Gasteiger partial charge is 0.459 e. The molecular formula is C23H28N4O4S. The summed E-state index contributed by atoms with van der Waals surface area (Å²) in [5, 5.41) is 9.29. The van der Waals surface area contributed by atoms with E-state index in [1.165, 1.54) is 11.3 Å². The Morgan fingerprint density at radius 2 is 1.91 bits per heavy atom. The summed E-state index contributed by atoms with van der Waals surface area (Å²) in [4.78, 5) is 32.9. The van der Waals surface area contributed by atoms with Crippen LogP contribution in [0.3, 0.4) is 0 Å². The van der Waals surface area contributed by atoms with Gasteiger partial charge in [-0.1, -0.05) is 43.6 Å². The number of ether oxygens (including phenoxy) is 1. The van der Waals surface area contributed by atoms with Crippen molar-refractivity contribution in [3.63, 3.8) is 0 Å². The highest BCUT2D eigenvalue weighted by Crippen LogP contribution is 2.19. The summed E-state index contributed by atoms with van der Waals surface area (Å²) in [6, 6.07) is 7.61. The first-order valence-electron chi connectivity index (χ1n) is 10.5. The third-order valence-corrected chi connectivity index (χ3v) is 5.44. The van der Waals surface area contributed by atoms with Gasteiger partial charge in [-0.15, -0.1) is 11.3 Å². The van der Waals surface area contributed by atoms with Gasteiger partial charge < -0.3 is 14.6 Å². The van der Waals surface area contributed by atoms with E-state index in [0.717, 1.165) is 11.3 Å². The molecule has 9 heteroatoms. The molecule has 0 aliphatic heterocycles. The van der Waals surface area contributed by atoms with Crippen LogP contribution in [0.25, 0.3) is 0 Å². The van der Waals surface area contributed by atoms with Gasteiger partial charge in [-0.25, -0.2) is 4.98 Å². The third-order valence-electron chi connectivity index (χ3n) is 4.54. The molecule has 2 heterocycles. The van der Waals surface area contributed by atoms with Crippen molar-refractivity contribution >= 4 is 28.9 Å². The van der Waals surface area contributed by atoms with E-state index in [-0.39, 0.29) is 36.7 Å². The molecule has 0 unspecified atom stereocenters. The van der Waals surface area contributed by atoms with E-state index in [1.54, 1.807) is 5.38 Å². The predicted molar refractivity (Wildman–Crippen MR) is 121 cm³/mol. The summed E-state index contributed by atoms with van der Waals surface area (Å²) in [5.41, 5.74) is 2.34. The number of hydrogen-bond acceptors (Lipinski definition) is 8. The zero-order chi connectivity index (χ0) is 23.1. The summed E-state index contributed by atoms with van der Waals surface area (Å²) < 4.78 is 10.5. The van der Waals surface area contributed by atoms with E-state index in [2.05, 4.69) is 20.4 Å². The van der Waals surface area contributed by atoms with E-state index in [4.69, 9.17) is 9.26 Å². The van der Waals surface area contributed by atoms with Gasteiger partial charge in [0.25, 0.3) is 0 Å². The summed E-state index contributed by atoms with van der Waals surface area (Å²) in [6.45, 7) is 8.12. The molecule has 0 aliphatic rings. The van der Waals surface area contributed by atoms with Gasteiger partial charge in [-0.05, 0) is 25.5 Å². The zero-order valence-electron chi connectivity index (χ0n) is 18.8. The first-order chi connectivity index (χ1) is 15.2. The molecule has 3 rings (SSSR count). The number of carbonyl (C=O) groups excluding carboxylic acids is 2. The van der Waals surface area contributed by atoms with Crippen LogP contribution in [-0.4, -0.2) is 27.0 Å². The Bertz CT molecular complexity index is 1050. The van der Waals surface area contributed by atoms with Crippen LogP contribution in [0.2, 0.25) is 0 Å². The van der Waals surface area contributed by atoms with Crippen molar-refractivity contribution in [1.82, 2.24) is 15.1 Å². The molecule has 0 fully saturated rings. The number of rotatable bonds is 9. The minimum atomic E-state index is -0.313. The predicted octanol–water partition coefficient (Wildman–Crippen LogP) is 4.38. The lowest BCUT2D eigenvalue weighted by Gasteiger charge is -2.10. The molecule has 8 nitrogen and oxygen atoms in total. The smallest absolute Gasteiger partial charge is 0.306 e. The number of thiazole rings is 1. The average Bonchev–Trinajstić information content (AvgIpc) is 3.38. The molecule has 0 aliphatic carbocycles. The van der Waals surface area contributed by atoms with E-state index >= 15 is 0 Å². The maximum absolute atomic E-state index is 12.2. The monoisotopic (exact) mass is 456 g/mol. The maximum Gasteiger partial charge on any atom is 0.306 e. The SMILES string of the molecule is Cc1ccc(NC(=O)Cc2nc(COC(=O)CCCc3nc(C(C)(C)C)no3)cs2)cc1. The van der Waals surface area contributed by atoms with Crippen LogP contribution in [0.1, 0.15) is 61.6 Å². The van der Waals surface area contributed by atoms with Gasteiger partial charge in [0.2, 0.25) is 11.8 Å². The molecule has 0 spiro atoms. The highest BCUT2D eigenvalue weighted by Gasteiger charge is 2.21. The molecule has 1 aromatic carbocycles. The maximum atomic E-state index is 12.2. The second-order valence-corrected chi connectivity index (χ2v) is 9.54. The summed E-state index contributed by atoms with van der Waals surface area (Å²) >= 11 is 1.37. The van der Waals surface area contributed by atoms with Crippen molar-refractivity contribution in [1.29, 1.82) is 0 Å². The fraction of sp³-hybridized carbons (Fsp3) is 0.435. The molecule has 2 aromatic heterocycles. The van der Waals surface area contributed by atoms with Gasteiger partial charge >= 0.3 is 5.97 Å². The topological polar surface area (TPSA) is 107 Å². The Balaban J connectivity index is 1.37. The summed E-state index contributed by atoms with van der Waals surface area (Å²) in [6.07, 6.45) is 1.51. The molecule has 1 amide bonds. The molecule has 0 atom stereocenters. The van der Waals surface area contributed by atoms with E-state index < -0.39 is 0 Å². The van der Waals surface area contributed by atoms with Crippen molar-refractivity contribution in [3.05, 3.63) is 57.6 Å². The van der Waals surface area contributed by atoms with Crippen LogP contribution < -0.4 is 5.32 Å². The lowest BCUT2D eigenvalue weighted by molar-refractivity contribution is -0.145. The molecule has 170 valence electrons. The first-order valence-corrected chi connectivity index (χ1v) is 11.4.